The number of hydrogen-bond donors (Lipinski definition) is 12. The van der Waals surface area contributed by atoms with E-state index in [0.717, 1.165) is 133 Å². The fourth-order valence-electron chi connectivity index (χ4n) is 11.8. The van der Waals surface area contributed by atoms with Crippen molar-refractivity contribution in [3.8, 4) is 0 Å². The standard InChI is InChI=1S/C50H60N10O6S2.C19H20N4O2.C12H22Cl2N2O2S2.C4H6Cl2O.C4H12N2S2.4ClH.Na.H2O.H2/c61-33-29-57(30-34-62)41-17-13-39(14-18-41)53-55-45-21-27-59(47-9-3-1-7-43(45)47)25-5-11-49(65)51-23-37-67-68-38-24-52-50(66)12-6-26-60-28-22-46(44-8-2-4-10-48(44)60)56-54-40-15-19-42(20-16-40)58(31-35-63)32-36-64;24-13-11-23(12-14-25)16-7-5-15(6-8-16)21-22-19-9-10-20-18-4-2-1-3-17(18)19;13-5-1-3-11(17)15-7-9-19-20-10-8-16-12(18)4-2-6-14;5-3-1-2-4(6)7;5-1-3-7-8-4-2-6;;;;;;;/h1-4,7-10,13-22,27-28,61-64H,5-6,11-12,23-26,29-38H2;1-10,24-25H,11-14H2;1-10H2,(H,15,17)(H,16,18);1-3H2;1-6H2;4*1H;;1H2;1H/q;;;;;;;;;+1;;/p-1. The number of carbonyl (C=O) groups is 5. The number of hydrogen-bond acceptors (Lipinski definition) is 30. The summed E-state index contributed by atoms with van der Waals surface area (Å²) >= 11 is 21.2. The number of pyridine rings is 3. The van der Waals surface area contributed by atoms with Crippen LogP contribution in [0.25, 0.3) is 32.7 Å². The molecule has 0 aliphatic carbocycles. The number of nitrogens with zero attached hydrogens (tertiary/aromatic N) is 12. The van der Waals surface area contributed by atoms with Crippen LogP contribution in [0.15, 0.2) is 213 Å². The van der Waals surface area contributed by atoms with E-state index in [1.165, 1.54) is 0 Å². The number of rotatable bonds is 57. The number of benzene rings is 6. The van der Waals surface area contributed by atoms with Gasteiger partial charge < -0.3 is 108 Å². The second kappa shape index (κ2) is 84.3. The van der Waals surface area contributed by atoms with Gasteiger partial charge in [0.1, 0.15) is 24.5 Å². The van der Waals surface area contributed by atoms with Crippen molar-refractivity contribution in [1.29, 1.82) is 0 Å². The number of para-hydroxylation sites is 3. The minimum absolute atomic E-state index is 0. The topological polar surface area (TPSA) is 441 Å². The second-order valence-electron chi connectivity index (χ2n) is 27.5. The summed E-state index contributed by atoms with van der Waals surface area (Å²) in [4.78, 5) is 67.7. The molecule has 9 rings (SSSR count). The number of amides is 4. The first-order valence-corrected chi connectivity index (χ1v) is 51.7. The van der Waals surface area contributed by atoms with Gasteiger partial charge in [-0.2, -0.15) is 24.5 Å². The number of nitrogens with one attached hydrogen (secondary N) is 4. The number of azo groups is 3. The van der Waals surface area contributed by atoms with E-state index in [9.17, 15) is 44.4 Å². The number of aliphatic hydroxyl groups is 6. The smallest absolute Gasteiger partial charge is 1.00 e. The molecule has 0 unspecified atom stereocenters. The number of aromatic nitrogens is 3. The third-order valence-corrected chi connectivity index (χ3v) is 26.3. The summed E-state index contributed by atoms with van der Waals surface area (Å²) in [5.74, 6) is 7.04. The summed E-state index contributed by atoms with van der Waals surface area (Å²) in [6.45, 7) is 8.14. The van der Waals surface area contributed by atoms with Crippen LogP contribution in [-0.4, -0.2) is 240 Å². The molecule has 45 heteroatoms. The molecule has 15 N–H and O–H groups in total. The maximum atomic E-state index is 12.6. The maximum absolute atomic E-state index is 12.6. The molecule has 3 aromatic heterocycles. The van der Waals surface area contributed by atoms with Gasteiger partial charge in [0.25, 0.3) is 0 Å². The Hall–Kier alpha value is -5.64. The molecule has 3 heterocycles. The van der Waals surface area contributed by atoms with Gasteiger partial charge >= 0.3 is 29.6 Å². The van der Waals surface area contributed by atoms with Crippen molar-refractivity contribution in [3.63, 3.8) is 0 Å². The number of aliphatic hydroxyl groups excluding tert-OH is 6. The number of carbonyl (C=O) groups excluding carboxylic acids is 5. The van der Waals surface area contributed by atoms with Gasteiger partial charge in [0, 0.05) is 230 Å². The van der Waals surface area contributed by atoms with Gasteiger partial charge in [-0.25, -0.2) is 0 Å². The molecular formula is C89H127Cl8N18NaO12S6. The SMILES string of the molecule is Cl.Cl.NCCSSCCN.O=C(CCCCl)NCCSSCCNC(=O)CCCCl.O=C(CCC[n+]1ccc(N=Nc2ccc(N(CCO)CCO)cc2)c2ccccc21)NCCSSCCNC(=O)CCC[n+]1ccc(N=Nc2ccc(N(CCO)CCO)cc2)c2ccccc21.O=C(Cl)CCCCl.OCCN(CCO)c1ccc(N=Nc2ccnc3ccccc23)cc1.[Cl-].[Cl-].[HH].[Na+].[OH-]. The largest absolute Gasteiger partial charge is 1.00 e. The Morgan fingerprint density at radius 1 is 0.381 bits per heavy atom. The minimum Gasteiger partial charge on any atom is -1.00 e. The van der Waals surface area contributed by atoms with Gasteiger partial charge in [-0.1, -0.05) is 107 Å². The number of halogens is 8. The van der Waals surface area contributed by atoms with Crippen molar-refractivity contribution in [1.82, 2.24) is 26.3 Å². The fraction of sp³-hybridized carbons (Fsp3) is 0.438. The van der Waals surface area contributed by atoms with Gasteiger partial charge in [-0.15, -0.1) is 75.0 Å². The first-order chi connectivity index (χ1) is 62.6. The third kappa shape index (κ3) is 55.4. The number of alkyl halides is 3. The van der Waals surface area contributed by atoms with E-state index in [4.69, 9.17) is 68.1 Å². The normalized spacial score (nSPS) is 10.5. The summed E-state index contributed by atoms with van der Waals surface area (Å²) in [6, 6.07) is 52.2. The summed E-state index contributed by atoms with van der Waals surface area (Å²) in [7, 11) is 10.3. The Balaban J connectivity index is -0.00000211. The molecule has 134 heavy (non-hydrogen) atoms. The second-order valence-corrected chi connectivity index (χ2v) is 37.1. The fourth-order valence-corrected chi connectivity index (χ4v) is 17.7. The van der Waals surface area contributed by atoms with Crippen molar-refractivity contribution in [2.45, 2.75) is 77.3 Å². The zero-order valence-corrected chi connectivity index (χ0v) is 88.2. The summed E-state index contributed by atoms with van der Waals surface area (Å²) in [5, 5.41) is 96.5. The van der Waals surface area contributed by atoms with E-state index < -0.39 is 0 Å². The number of anilines is 3. The summed E-state index contributed by atoms with van der Waals surface area (Å²) in [6.07, 6.45) is 11.4. The number of aryl methyl sites for hydroxylation is 2. The van der Waals surface area contributed by atoms with E-state index in [-0.39, 0.29) is 155 Å². The van der Waals surface area contributed by atoms with Crippen LogP contribution in [0.5, 0.6) is 0 Å². The van der Waals surface area contributed by atoms with Gasteiger partial charge in [0.2, 0.25) is 39.9 Å². The molecule has 30 nitrogen and oxygen atoms in total. The summed E-state index contributed by atoms with van der Waals surface area (Å²) in [5.41, 5.74) is 20.5. The zero-order chi connectivity index (χ0) is 92.2. The van der Waals surface area contributed by atoms with Crippen molar-refractivity contribution < 1.29 is 125 Å². The van der Waals surface area contributed by atoms with Crippen LogP contribution in [0.3, 0.4) is 0 Å². The Bertz CT molecular complexity index is 4500. The quantitative estimate of drug-likeness (QED) is 0.00350. The molecule has 0 saturated carbocycles. The van der Waals surface area contributed by atoms with Crippen LogP contribution in [-0.2, 0) is 37.1 Å². The molecule has 0 aliphatic rings. The Labute approximate surface area is 878 Å². The van der Waals surface area contributed by atoms with Crippen LogP contribution >= 0.6 is 136 Å². The average Bonchev–Trinajstić information content (AvgIpc) is 0.806. The van der Waals surface area contributed by atoms with Gasteiger partial charge in [-0.05, 0) is 128 Å². The predicted octanol–water partition coefficient (Wildman–Crippen LogP) is 6.92. The maximum Gasteiger partial charge on any atom is 1.00 e. The van der Waals surface area contributed by atoms with E-state index in [1.54, 1.807) is 71.0 Å². The van der Waals surface area contributed by atoms with Crippen molar-refractivity contribution in [3.05, 3.63) is 182 Å². The Kier molecular flexibility index (Phi) is 82.0. The molecule has 0 saturated heterocycles. The van der Waals surface area contributed by atoms with Crippen LogP contribution in [0.1, 0.15) is 65.6 Å². The molecule has 0 fully saturated rings. The molecule has 0 aliphatic heterocycles. The van der Waals surface area contributed by atoms with Crippen molar-refractivity contribution >= 4 is 249 Å². The summed E-state index contributed by atoms with van der Waals surface area (Å²) < 4.78 is 4.27. The van der Waals surface area contributed by atoms with Gasteiger partial charge in [0.15, 0.2) is 12.4 Å². The molecule has 0 spiro atoms. The molecule has 0 radical (unpaired) electrons. The molecular weight excluding hydrogens is 2010 g/mol. The molecule has 6 aromatic carbocycles. The molecule has 0 bridgehead atoms. The van der Waals surface area contributed by atoms with Crippen LogP contribution in [0.4, 0.5) is 51.2 Å². The minimum atomic E-state index is -0.305. The third-order valence-electron chi connectivity index (χ3n) is 18.0. The van der Waals surface area contributed by atoms with Gasteiger partial charge in [0.05, 0.1) is 78.7 Å². The van der Waals surface area contributed by atoms with Crippen LogP contribution in [0.2, 0.25) is 0 Å². The van der Waals surface area contributed by atoms with Crippen molar-refractivity contribution in [2.75, 3.05) is 185 Å². The van der Waals surface area contributed by atoms with Crippen LogP contribution < -0.4 is 111 Å². The monoisotopic (exact) mass is 2130 g/mol. The first-order valence-electron chi connectivity index (χ1n) is 42.3. The van der Waals surface area contributed by atoms with Gasteiger partial charge in [-0.3, -0.25) is 29.0 Å². The van der Waals surface area contributed by atoms with Crippen LogP contribution in [0, 0.1) is 0 Å². The Morgan fingerprint density at radius 3 is 0.963 bits per heavy atom. The molecule has 9 aromatic rings. The van der Waals surface area contributed by atoms with E-state index in [1.807, 2.05) is 191 Å². The first kappa shape index (κ1) is 130. The van der Waals surface area contributed by atoms with E-state index in [0.29, 0.717) is 159 Å². The zero-order valence-electron chi connectivity index (χ0n) is 75.1. The molecule has 4 amide bonds. The average molecular weight is 2140 g/mol. The Morgan fingerprint density at radius 2 is 0.664 bits per heavy atom. The molecule has 738 valence electrons. The van der Waals surface area contributed by atoms with E-state index in [2.05, 4.69) is 66.1 Å². The number of nitrogens with two attached hydrogens (primary N) is 2. The van der Waals surface area contributed by atoms with Crippen molar-refractivity contribution in [2.24, 2.45) is 42.2 Å². The van der Waals surface area contributed by atoms with E-state index >= 15 is 0 Å². The molecule has 0 atom stereocenters. The predicted molar refractivity (Wildman–Crippen MR) is 554 cm³/mol. The number of fused-ring (bicyclic) bond motifs is 3.